The van der Waals surface area contributed by atoms with Crippen molar-refractivity contribution in [1.29, 1.82) is 0 Å². The molecule has 1 aromatic rings. The molecule has 0 aliphatic heterocycles. The highest BCUT2D eigenvalue weighted by Crippen LogP contribution is 2.27. The van der Waals surface area contributed by atoms with E-state index in [1.165, 1.54) is 14.5 Å². The van der Waals surface area contributed by atoms with Crippen molar-refractivity contribution in [3.8, 4) is 0 Å². The molecule has 0 radical (unpaired) electrons. The lowest BCUT2D eigenvalue weighted by Crippen LogP contribution is -1.92. The molecular weight excluding hydrogens is 582 g/mol. The monoisotopic (exact) mass is 585 g/mol. The molecule has 1 aromatic heterocycles. The van der Waals surface area contributed by atoms with E-state index in [1.54, 1.807) is 0 Å². The van der Waals surface area contributed by atoms with Gasteiger partial charge in [-0.25, -0.2) is 0 Å². The van der Waals surface area contributed by atoms with Gasteiger partial charge >= 0.3 is 0 Å². The average molecular weight is 585 g/mol. The van der Waals surface area contributed by atoms with Crippen molar-refractivity contribution in [3.63, 3.8) is 0 Å². The molecule has 0 aromatic carbocycles. The Labute approximate surface area is 114 Å². The van der Waals surface area contributed by atoms with Crippen molar-refractivity contribution in [2.75, 3.05) is 0 Å². The van der Waals surface area contributed by atoms with Gasteiger partial charge in [0.15, 0.2) is 0 Å². The van der Waals surface area contributed by atoms with Crippen molar-refractivity contribution in [2.45, 2.75) is 0 Å². The fourth-order valence-corrected chi connectivity index (χ4v) is 4.31. The molecule has 0 saturated heterocycles. The van der Waals surface area contributed by atoms with Gasteiger partial charge in [-0.15, -0.1) is 0 Å². The molecule has 0 aliphatic rings. The van der Waals surface area contributed by atoms with E-state index >= 15 is 0 Å². The van der Waals surface area contributed by atoms with Crippen LogP contribution in [0.25, 0.3) is 0 Å². The standard InChI is InChI=1S/C5H3I4N/c1-10-4(8)2(6)3(7)5(10)9/h1H3. The first-order valence-corrected chi connectivity index (χ1v) is 6.72. The summed E-state index contributed by atoms with van der Waals surface area (Å²) in [4.78, 5) is 0. The summed E-state index contributed by atoms with van der Waals surface area (Å²) in [6, 6.07) is 0. The van der Waals surface area contributed by atoms with Crippen LogP contribution in [0.3, 0.4) is 0 Å². The highest BCUT2D eigenvalue weighted by atomic mass is 127. The molecular formula is C5H3I4N. The minimum atomic E-state index is 1.33. The minimum absolute atomic E-state index is 1.33. The molecule has 0 spiro atoms. The number of halogens is 4. The highest BCUT2D eigenvalue weighted by molar-refractivity contribution is 14.1. The molecule has 56 valence electrons. The highest BCUT2D eigenvalue weighted by Gasteiger charge is 2.11. The van der Waals surface area contributed by atoms with E-state index in [2.05, 4.69) is 102 Å². The van der Waals surface area contributed by atoms with Gasteiger partial charge in [0.05, 0.1) is 14.5 Å². The second kappa shape index (κ2) is 3.94. The molecule has 5 heteroatoms. The maximum absolute atomic E-state index is 2.37. The summed E-state index contributed by atoms with van der Waals surface area (Å²) in [5, 5.41) is 0. The first kappa shape index (κ1) is 10.3. The zero-order valence-corrected chi connectivity index (χ0v) is 13.6. The SMILES string of the molecule is Cn1c(I)c(I)c(I)c1I. The molecule has 0 fully saturated rings. The van der Waals surface area contributed by atoms with Crippen molar-refractivity contribution in [1.82, 2.24) is 4.57 Å². The maximum Gasteiger partial charge on any atom is 0.0950 e. The molecule has 0 saturated carbocycles. The molecule has 0 bridgehead atoms. The number of nitrogens with zero attached hydrogens (tertiary/aromatic N) is 1. The molecule has 10 heavy (non-hydrogen) atoms. The van der Waals surface area contributed by atoms with Crippen LogP contribution in [0.15, 0.2) is 0 Å². The summed E-state index contributed by atoms with van der Waals surface area (Å²) in [5.74, 6) is 0. The predicted molar refractivity (Wildman–Crippen MR) is 76.3 cm³/mol. The fourth-order valence-electron chi connectivity index (χ4n) is 0.562. The summed E-state index contributed by atoms with van der Waals surface area (Å²) < 4.78 is 7.58. The van der Waals surface area contributed by atoms with Crippen molar-refractivity contribution in [3.05, 3.63) is 14.5 Å². The van der Waals surface area contributed by atoms with Crippen LogP contribution in [-0.2, 0) is 7.05 Å². The normalized spacial score (nSPS) is 10.5. The molecule has 0 amide bonds. The van der Waals surface area contributed by atoms with E-state index < -0.39 is 0 Å². The molecule has 1 rings (SSSR count). The van der Waals surface area contributed by atoms with Crippen LogP contribution < -0.4 is 0 Å². The van der Waals surface area contributed by atoms with Gasteiger partial charge in [-0.1, -0.05) is 0 Å². The first-order valence-electron chi connectivity index (χ1n) is 2.40. The Hall–Kier alpha value is 2.20. The Morgan fingerprint density at radius 1 is 0.900 bits per heavy atom. The van der Waals surface area contributed by atoms with Crippen LogP contribution in [0, 0.1) is 14.5 Å². The minimum Gasteiger partial charge on any atom is -0.333 e. The largest absolute Gasteiger partial charge is 0.333 e. The number of hydrogen-bond donors (Lipinski definition) is 0. The van der Waals surface area contributed by atoms with Gasteiger partial charge in [-0.3, -0.25) is 0 Å². The third-order valence-electron chi connectivity index (χ3n) is 1.14. The van der Waals surface area contributed by atoms with Gasteiger partial charge in [-0.2, -0.15) is 0 Å². The van der Waals surface area contributed by atoms with E-state index in [9.17, 15) is 0 Å². The van der Waals surface area contributed by atoms with Gasteiger partial charge < -0.3 is 4.57 Å². The lowest BCUT2D eigenvalue weighted by Gasteiger charge is -1.94. The van der Waals surface area contributed by atoms with Crippen LogP contribution >= 0.6 is 90.4 Å². The van der Waals surface area contributed by atoms with Crippen LogP contribution in [0.5, 0.6) is 0 Å². The van der Waals surface area contributed by atoms with Crippen LogP contribution in [0.2, 0.25) is 0 Å². The van der Waals surface area contributed by atoms with Gasteiger partial charge in [0.1, 0.15) is 0 Å². The Bertz CT molecular complexity index is 185. The molecule has 0 unspecified atom stereocenters. The van der Waals surface area contributed by atoms with Gasteiger partial charge in [-0.05, 0) is 90.4 Å². The zero-order valence-electron chi connectivity index (χ0n) is 4.96. The van der Waals surface area contributed by atoms with E-state index in [-0.39, 0.29) is 0 Å². The van der Waals surface area contributed by atoms with E-state index in [0.717, 1.165) is 0 Å². The van der Waals surface area contributed by atoms with Crippen molar-refractivity contribution >= 4 is 90.4 Å². The summed E-state index contributed by atoms with van der Waals surface area (Å²) >= 11 is 9.47. The van der Waals surface area contributed by atoms with Crippen LogP contribution in [-0.4, -0.2) is 4.57 Å². The Morgan fingerprint density at radius 2 is 1.20 bits per heavy atom. The first-order chi connectivity index (χ1) is 4.55. The summed E-state index contributed by atoms with van der Waals surface area (Å²) in [5.41, 5.74) is 0. The molecule has 0 aliphatic carbocycles. The fraction of sp³-hybridized carbons (Fsp3) is 0.200. The second-order valence-corrected chi connectivity index (χ2v) is 5.97. The Balaban J connectivity index is 3.44. The summed E-state index contributed by atoms with van der Waals surface area (Å²) in [7, 11) is 2.09. The van der Waals surface area contributed by atoms with E-state index in [0.29, 0.717) is 0 Å². The van der Waals surface area contributed by atoms with Gasteiger partial charge in [0.2, 0.25) is 0 Å². The maximum atomic E-state index is 2.37. The Kier molecular flexibility index (Phi) is 4.05. The third kappa shape index (κ3) is 1.75. The third-order valence-corrected chi connectivity index (χ3v) is 8.87. The van der Waals surface area contributed by atoms with Gasteiger partial charge in [0.25, 0.3) is 0 Å². The average Bonchev–Trinajstić information content (AvgIpc) is 2.07. The molecule has 1 nitrogen and oxygen atoms in total. The van der Waals surface area contributed by atoms with Crippen molar-refractivity contribution < 1.29 is 0 Å². The molecule has 1 heterocycles. The summed E-state index contributed by atoms with van der Waals surface area (Å²) in [6.45, 7) is 0. The number of aromatic nitrogens is 1. The van der Waals surface area contributed by atoms with Crippen LogP contribution in [0.4, 0.5) is 0 Å². The van der Waals surface area contributed by atoms with Crippen LogP contribution in [0.1, 0.15) is 0 Å². The Morgan fingerprint density at radius 3 is 1.30 bits per heavy atom. The lowest BCUT2D eigenvalue weighted by atomic mass is 10.7. The summed E-state index contributed by atoms with van der Waals surface area (Å²) in [6.07, 6.45) is 0. The number of hydrogen-bond acceptors (Lipinski definition) is 0. The quantitative estimate of drug-likeness (QED) is 0.412. The lowest BCUT2D eigenvalue weighted by molar-refractivity contribution is 0.867. The number of rotatable bonds is 0. The van der Waals surface area contributed by atoms with Gasteiger partial charge in [0, 0.05) is 7.05 Å². The topological polar surface area (TPSA) is 4.93 Å². The van der Waals surface area contributed by atoms with E-state index in [1.807, 2.05) is 0 Å². The zero-order chi connectivity index (χ0) is 7.89. The molecule has 0 N–H and O–H groups in total. The van der Waals surface area contributed by atoms with E-state index in [4.69, 9.17) is 0 Å². The molecule has 0 atom stereocenters. The smallest absolute Gasteiger partial charge is 0.0950 e. The van der Waals surface area contributed by atoms with Crippen molar-refractivity contribution in [2.24, 2.45) is 7.05 Å². The predicted octanol–water partition coefficient (Wildman–Crippen LogP) is 3.44. The second-order valence-electron chi connectivity index (χ2n) is 1.77.